The highest BCUT2D eigenvalue weighted by Gasteiger charge is 2.05. The molecule has 3 N–H and O–H groups in total. The first kappa shape index (κ1) is 21.2. The Morgan fingerprint density at radius 2 is 1.91 bits per heavy atom. The summed E-state index contributed by atoms with van der Waals surface area (Å²) in [5.74, 6) is 2.71. The maximum absolute atomic E-state index is 5.79. The number of hydrogen-bond donors (Lipinski definition) is 3. The van der Waals surface area contributed by atoms with Crippen LogP contribution in [0.3, 0.4) is 0 Å². The van der Waals surface area contributed by atoms with E-state index in [9.17, 15) is 0 Å². The van der Waals surface area contributed by atoms with Crippen LogP contribution in [-0.4, -0.2) is 36.6 Å². The molecule has 0 fully saturated rings. The zero-order valence-electron chi connectivity index (χ0n) is 18.3. The average Bonchev–Trinajstić information content (AvgIpc) is 3.25. The second kappa shape index (κ2) is 10.3. The van der Waals surface area contributed by atoms with Crippen molar-refractivity contribution in [1.29, 1.82) is 0 Å². The van der Waals surface area contributed by atoms with Crippen molar-refractivity contribution in [3.05, 3.63) is 84.2 Å². The van der Waals surface area contributed by atoms with Gasteiger partial charge in [-0.05, 0) is 35.7 Å². The van der Waals surface area contributed by atoms with Gasteiger partial charge in [0.05, 0.1) is 7.11 Å². The number of fused-ring (bicyclic) bond motifs is 1. The van der Waals surface area contributed by atoms with E-state index in [2.05, 4.69) is 50.0 Å². The molecule has 4 rings (SSSR count). The van der Waals surface area contributed by atoms with E-state index in [1.165, 1.54) is 10.9 Å². The van der Waals surface area contributed by atoms with Gasteiger partial charge < -0.3 is 25.1 Å². The molecule has 2 aromatic heterocycles. The zero-order valence-corrected chi connectivity index (χ0v) is 18.3. The molecule has 0 saturated heterocycles. The number of ether oxygens (including phenoxy) is 2. The van der Waals surface area contributed by atoms with E-state index in [-0.39, 0.29) is 0 Å². The Bertz CT molecular complexity index is 1180. The number of nitrogens with one attached hydrogen (secondary N) is 3. The predicted molar refractivity (Wildman–Crippen MR) is 128 cm³/mol. The molecule has 2 heterocycles. The normalized spacial score (nSPS) is 11.4. The lowest BCUT2D eigenvalue weighted by molar-refractivity contribution is 0.407. The van der Waals surface area contributed by atoms with Crippen LogP contribution in [0.1, 0.15) is 11.1 Å². The molecule has 0 unspecified atom stereocenters. The number of aromatic amines is 1. The highest BCUT2D eigenvalue weighted by Crippen LogP contribution is 2.23. The van der Waals surface area contributed by atoms with Gasteiger partial charge in [-0.1, -0.05) is 30.3 Å². The molecule has 0 amide bonds. The van der Waals surface area contributed by atoms with E-state index in [1.54, 1.807) is 20.4 Å². The van der Waals surface area contributed by atoms with Gasteiger partial charge in [0.25, 0.3) is 0 Å². The molecular weight excluding hydrogens is 402 g/mol. The summed E-state index contributed by atoms with van der Waals surface area (Å²) in [4.78, 5) is 12.0. The fraction of sp³-hybridized carbons (Fsp3) is 0.200. The molecule has 7 nitrogen and oxygen atoms in total. The third-order valence-electron chi connectivity index (χ3n) is 5.11. The number of benzene rings is 2. The number of methoxy groups -OCH3 is 1. The molecular formula is C25H27N5O2. The smallest absolute Gasteiger partial charge is 0.219 e. The average molecular weight is 430 g/mol. The Hall–Kier alpha value is -4.00. The van der Waals surface area contributed by atoms with Crippen LogP contribution in [0.2, 0.25) is 0 Å². The van der Waals surface area contributed by atoms with Crippen LogP contribution in [0.15, 0.2) is 78.0 Å². The lowest BCUT2D eigenvalue weighted by Gasteiger charge is -2.12. The first-order valence-corrected chi connectivity index (χ1v) is 10.5. The molecule has 0 radical (unpaired) electrons. The van der Waals surface area contributed by atoms with Crippen molar-refractivity contribution in [3.8, 4) is 17.4 Å². The van der Waals surface area contributed by atoms with Gasteiger partial charge in [0.2, 0.25) is 5.88 Å². The maximum atomic E-state index is 5.79. The minimum atomic E-state index is 0.531. The van der Waals surface area contributed by atoms with Crippen molar-refractivity contribution in [3.63, 3.8) is 0 Å². The van der Waals surface area contributed by atoms with Crippen LogP contribution in [0.25, 0.3) is 10.9 Å². The molecule has 2 aromatic carbocycles. The van der Waals surface area contributed by atoms with Gasteiger partial charge in [0, 0.05) is 55.6 Å². The molecule has 0 aliphatic rings. The molecule has 0 saturated carbocycles. The van der Waals surface area contributed by atoms with Crippen LogP contribution in [0, 0.1) is 0 Å². The first-order chi connectivity index (χ1) is 15.7. The lowest BCUT2D eigenvalue weighted by atomic mass is 10.1. The maximum Gasteiger partial charge on any atom is 0.219 e. The lowest BCUT2D eigenvalue weighted by Crippen LogP contribution is -2.37. The number of guanidine groups is 1. The van der Waals surface area contributed by atoms with Crippen molar-refractivity contribution in [2.24, 2.45) is 4.99 Å². The molecule has 0 aliphatic carbocycles. The van der Waals surface area contributed by atoms with Crippen LogP contribution >= 0.6 is 0 Å². The van der Waals surface area contributed by atoms with Crippen LogP contribution in [0.5, 0.6) is 17.4 Å². The van der Waals surface area contributed by atoms with E-state index < -0.39 is 0 Å². The van der Waals surface area contributed by atoms with E-state index in [0.29, 0.717) is 18.2 Å². The third-order valence-corrected chi connectivity index (χ3v) is 5.11. The van der Waals surface area contributed by atoms with Gasteiger partial charge in [-0.2, -0.15) is 0 Å². The highest BCUT2D eigenvalue weighted by atomic mass is 16.5. The second-order valence-electron chi connectivity index (χ2n) is 7.25. The Balaban J connectivity index is 1.25. The van der Waals surface area contributed by atoms with Crippen LogP contribution < -0.4 is 20.1 Å². The summed E-state index contributed by atoms with van der Waals surface area (Å²) in [6.45, 7) is 1.40. The summed E-state index contributed by atoms with van der Waals surface area (Å²) >= 11 is 0. The van der Waals surface area contributed by atoms with Gasteiger partial charge in [-0.25, -0.2) is 4.98 Å². The van der Waals surface area contributed by atoms with Gasteiger partial charge in [-0.15, -0.1) is 0 Å². The van der Waals surface area contributed by atoms with E-state index in [4.69, 9.17) is 9.47 Å². The Kier molecular flexibility index (Phi) is 6.87. The molecule has 0 spiro atoms. The van der Waals surface area contributed by atoms with Gasteiger partial charge in [0.1, 0.15) is 11.5 Å². The molecule has 4 aromatic rings. The zero-order chi connectivity index (χ0) is 22.2. The monoisotopic (exact) mass is 429 g/mol. The number of H-pyrrole nitrogens is 1. The van der Waals surface area contributed by atoms with Crippen molar-refractivity contribution in [2.45, 2.75) is 13.0 Å². The molecule has 0 atom stereocenters. The fourth-order valence-electron chi connectivity index (χ4n) is 3.42. The van der Waals surface area contributed by atoms with Crippen molar-refractivity contribution < 1.29 is 9.47 Å². The number of para-hydroxylation sites is 1. The standard InChI is InChI=1S/C25H27N5O2/c1-26-25(27-13-12-19-17-28-23-9-4-3-8-22(19)23)30-16-18-10-11-24(29-15-18)32-21-7-5-6-20(14-21)31-2/h3-11,14-15,17,28H,12-13,16H2,1-2H3,(H2,26,27,30). The van der Waals surface area contributed by atoms with Gasteiger partial charge in [0.15, 0.2) is 5.96 Å². The second-order valence-corrected chi connectivity index (χ2v) is 7.25. The summed E-state index contributed by atoms with van der Waals surface area (Å²) in [5, 5.41) is 7.95. The number of aromatic nitrogens is 2. The summed E-state index contributed by atoms with van der Waals surface area (Å²) < 4.78 is 11.0. The summed E-state index contributed by atoms with van der Waals surface area (Å²) in [6, 6.07) is 19.6. The highest BCUT2D eigenvalue weighted by molar-refractivity contribution is 5.83. The number of rotatable bonds is 8. The summed E-state index contributed by atoms with van der Waals surface area (Å²) in [5.41, 5.74) is 3.48. The van der Waals surface area contributed by atoms with Crippen molar-refractivity contribution in [1.82, 2.24) is 20.6 Å². The molecule has 0 bridgehead atoms. The third kappa shape index (κ3) is 5.37. The molecule has 32 heavy (non-hydrogen) atoms. The number of nitrogens with zero attached hydrogens (tertiary/aromatic N) is 2. The molecule has 164 valence electrons. The molecule has 0 aliphatic heterocycles. The van der Waals surface area contributed by atoms with Crippen LogP contribution in [-0.2, 0) is 13.0 Å². The van der Waals surface area contributed by atoms with Crippen LogP contribution in [0.4, 0.5) is 0 Å². The Labute approximate surface area is 187 Å². The number of aliphatic imine (C=N–C) groups is 1. The summed E-state index contributed by atoms with van der Waals surface area (Å²) in [7, 11) is 3.40. The summed E-state index contributed by atoms with van der Waals surface area (Å²) in [6.07, 6.45) is 4.77. The van der Waals surface area contributed by atoms with Crippen molar-refractivity contribution in [2.75, 3.05) is 20.7 Å². The topological polar surface area (TPSA) is 83.6 Å². The van der Waals surface area contributed by atoms with E-state index in [1.807, 2.05) is 42.5 Å². The van der Waals surface area contributed by atoms with Crippen molar-refractivity contribution >= 4 is 16.9 Å². The number of pyridine rings is 1. The van der Waals surface area contributed by atoms with Gasteiger partial charge >= 0.3 is 0 Å². The SMILES string of the molecule is CN=C(NCCc1c[nH]c2ccccc12)NCc1ccc(Oc2cccc(OC)c2)nc1. The minimum Gasteiger partial charge on any atom is -0.497 e. The first-order valence-electron chi connectivity index (χ1n) is 10.5. The minimum absolute atomic E-state index is 0.531. The van der Waals surface area contributed by atoms with E-state index >= 15 is 0 Å². The largest absolute Gasteiger partial charge is 0.497 e. The number of hydrogen-bond acceptors (Lipinski definition) is 4. The fourth-order valence-corrected chi connectivity index (χ4v) is 3.42. The Morgan fingerprint density at radius 1 is 1.03 bits per heavy atom. The molecule has 7 heteroatoms. The van der Waals surface area contributed by atoms with Gasteiger partial charge in [-0.3, -0.25) is 4.99 Å². The Morgan fingerprint density at radius 3 is 2.72 bits per heavy atom. The van der Waals surface area contributed by atoms with E-state index in [0.717, 1.165) is 35.8 Å². The predicted octanol–water partition coefficient (Wildman–Crippen LogP) is 4.27. The quantitative estimate of drug-likeness (QED) is 0.288.